The van der Waals surface area contributed by atoms with Crippen molar-refractivity contribution in [3.63, 3.8) is 0 Å². The van der Waals surface area contributed by atoms with Crippen molar-refractivity contribution in [1.82, 2.24) is 4.90 Å². The number of aliphatic hydroxyl groups is 1. The van der Waals surface area contributed by atoms with Crippen LogP contribution in [0.2, 0.25) is 0 Å². The lowest BCUT2D eigenvalue weighted by atomic mass is 9.47. The maximum Gasteiger partial charge on any atom is 0.344 e. The van der Waals surface area contributed by atoms with Gasteiger partial charge in [0.05, 0.1) is 43.4 Å². The van der Waals surface area contributed by atoms with Crippen molar-refractivity contribution >= 4 is 24.9 Å². The molecule has 0 bridgehead atoms. The highest BCUT2D eigenvalue weighted by Gasteiger charge is 2.80. The fraction of sp³-hybridized carbons (Fsp3) is 0.778. The molecule has 8 rings (SSSR count). The van der Waals surface area contributed by atoms with Crippen LogP contribution in [0.25, 0.3) is 0 Å². The smallest absolute Gasteiger partial charge is 0.344 e. The molecule has 0 amide bonds. The third-order valence-electron chi connectivity index (χ3n) is 16.3. The van der Waals surface area contributed by atoms with E-state index in [-0.39, 0.29) is 12.0 Å². The Hall–Kier alpha value is -2.15. The van der Waals surface area contributed by atoms with E-state index < -0.39 is 41.8 Å². The van der Waals surface area contributed by atoms with E-state index >= 15 is 0 Å². The first-order valence-corrected chi connectivity index (χ1v) is 24.1. The topological polar surface area (TPSA) is 88.5 Å². The Morgan fingerprint density at radius 1 is 0.889 bits per heavy atom. The predicted octanol–water partition coefficient (Wildman–Crippen LogP) is 8.42. The number of ether oxygens (including phenoxy) is 3. The van der Waals surface area contributed by atoms with Gasteiger partial charge in [0.2, 0.25) is 5.60 Å². The third-order valence-corrected chi connectivity index (χ3v) is 23.0. The van der Waals surface area contributed by atoms with Gasteiger partial charge >= 0.3 is 11.9 Å². The summed E-state index contributed by atoms with van der Waals surface area (Å²) in [6.45, 7) is 3.76. The van der Waals surface area contributed by atoms with Gasteiger partial charge in [-0.3, -0.25) is 9.69 Å². The largest absolute Gasteiger partial charge is 0.497 e. The molecule has 7 aliphatic rings. The van der Waals surface area contributed by atoms with Gasteiger partial charge in [0, 0.05) is 55.9 Å². The zero-order valence-electron chi connectivity index (χ0n) is 33.7. The molecule has 0 aromatic heterocycles. The van der Waals surface area contributed by atoms with Crippen molar-refractivity contribution in [1.29, 1.82) is 0 Å². The van der Waals surface area contributed by atoms with E-state index in [2.05, 4.69) is 34.9 Å². The average Bonchev–Trinajstić information content (AvgIpc) is 3.73. The number of rotatable bonds is 11. The number of nitrogens with zero attached hydrogens (tertiary/aromatic N) is 2. The number of esters is 2. The molecule has 3 heterocycles. The zero-order chi connectivity index (χ0) is 37.7. The summed E-state index contributed by atoms with van der Waals surface area (Å²) in [7, 11) is 3.64. The van der Waals surface area contributed by atoms with E-state index in [4.69, 9.17) is 14.2 Å². The lowest BCUT2D eigenvalue weighted by molar-refractivity contribution is -0.229. The third kappa shape index (κ3) is 5.75. The highest BCUT2D eigenvalue weighted by atomic mass is 31.2. The van der Waals surface area contributed by atoms with Gasteiger partial charge in [0.25, 0.3) is 0 Å². The SMILES string of the molecule is CC[C@]12C=CCN3CC[C@@]4(c5ccc(OC)cc5N(C)[C@H]4[C@@](O)(C(=O)OC)[C@@H]1OC(=O)CCC[P+](C1CCCCC1)(C1CCCCC1)C1CCCCC1)[C@@H]32. The van der Waals surface area contributed by atoms with Crippen LogP contribution >= 0.6 is 7.26 Å². The molecule has 1 spiro atoms. The summed E-state index contributed by atoms with van der Waals surface area (Å²) < 4.78 is 18.0. The second-order valence-electron chi connectivity index (χ2n) is 18.3. The van der Waals surface area contributed by atoms with Crippen LogP contribution in [-0.2, 0) is 24.5 Å². The minimum Gasteiger partial charge on any atom is -0.497 e. The van der Waals surface area contributed by atoms with E-state index in [1.54, 1.807) is 7.11 Å². The van der Waals surface area contributed by atoms with Crippen LogP contribution < -0.4 is 9.64 Å². The van der Waals surface area contributed by atoms with Crippen LogP contribution in [0.15, 0.2) is 30.4 Å². The molecular weight excluding hydrogens is 695 g/mol. The highest BCUT2D eigenvalue weighted by Crippen LogP contribution is 2.77. The van der Waals surface area contributed by atoms with Gasteiger partial charge < -0.3 is 24.2 Å². The Labute approximate surface area is 325 Å². The highest BCUT2D eigenvalue weighted by molar-refractivity contribution is 7.77. The van der Waals surface area contributed by atoms with Gasteiger partial charge in [-0.25, -0.2) is 4.79 Å². The summed E-state index contributed by atoms with van der Waals surface area (Å²) in [5, 5.41) is 13.3. The summed E-state index contributed by atoms with van der Waals surface area (Å²) in [6.07, 6.45) is 27.8. The molecule has 1 saturated heterocycles. The monoisotopic (exact) mass is 763 g/mol. The summed E-state index contributed by atoms with van der Waals surface area (Å²) >= 11 is 0. The molecule has 1 N–H and O–H groups in total. The molecule has 5 fully saturated rings. The van der Waals surface area contributed by atoms with Crippen LogP contribution in [0.5, 0.6) is 5.75 Å². The van der Waals surface area contributed by atoms with Gasteiger partial charge in [-0.15, -0.1) is 0 Å². The molecule has 8 nitrogen and oxygen atoms in total. The molecule has 3 aliphatic heterocycles. The summed E-state index contributed by atoms with van der Waals surface area (Å²) in [5.74, 6) is -0.272. The average molecular weight is 764 g/mol. The number of anilines is 1. The lowest BCUT2D eigenvalue weighted by Gasteiger charge is -2.63. The van der Waals surface area contributed by atoms with Crippen LogP contribution in [0.3, 0.4) is 0 Å². The summed E-state index contributed by atoms with van der Waals surface area (Å²) in [5.41, 5.74) is 1.21. The molecule has 6 atom stereocenters. The standard InChI is InChI=1S/C45H68N2O6P/c1-5-43-26-16-28-47-29-27-44(39(43)47)36-25-24-32(51-3)31-37(36)46(2)40(44)45(50,42(49)52-4)41(43)53-38(48)23-15-30-54(33-17-9-6-10-18-33,34-19-11-7-12-20-34)35-21-13-8-14-22-35/h16,24-26,31,33-35,39-41,50H,5-15,17-23,27-30H2,1-4H3/q+1/t39-,40+,41+,43+,44+,45-/m0/s1. The lowest BCUT2D eigenvalue weighted by Crippen LogP contribution is -2.81. The normalized spacial score (nSPS) is 34.6. The molecule has 0 unspecified atom stereocenters. The Bertz CT molecular complexity index is 1520. The first kappa shape index (κ1) is 38.7. The minimum absolute atomic E-state index is 0.0627. The molecule has 54 heavy (non-hydrogen) atoms. The zero-order valence-corrected chi connectivity index (χ0v) is 34.6. The van der Waals surface area contributed by atoms with Crippen molar-refractivity contribution in [3.8, 4) is 5.75 Å². The van der Waals surface area contributed by atoms with Crippen molar-refractivity contribution in [2.45, 2.75) is 175 Å². The van der Waals surface area contributed by atoms with Gasteiger partial charge in [-0.1, -0.05) is 44.4 Å². The molecule has 1 aromatic rings. The molecule has 298 valence electrons. The number of likely N-dealkylation sites (N-methyl/N-ethyl adjacent to an activating group) is 1. The Balaban J connectivity index is 1.13. The van der Waals surface area contributed by atoms with Crippen molar-refractivity contribution in [3.05, 3.63) is 35.9 Å². The van der Waals surface area contributed by atoms with E-state index in [9.17, 15) is 14.7 Å². The van der Waals surface area contributed by atoms with Crippen molar-refractivity contribution < 1.29 is 28.9 Å². The molecule has 9 heteroatoms. The van der Waals surface area contributed by atoms with E-state index in [1.165, 1.54) is 110 Å². The first-order valence-electron chi connectivity index (χ1n) is 21.9. The molecule has 1 aromatic carbocycles. The number of benzene rings is 1. The fourth-order valence-corrected chi connectivity index (χ4v) is 21.9. The number of hydrogen-bond donors (Lipinski definition) is 1. The van der Waals surface area contributed by atoms with Gasteiger partial charge in [0.15, 0.2) is 6.10 Å². The van der Waals surface area contributed by atoms with Crippen molar-refractivity contribution in [2.24, 2.45) is 5.41 Å². The van der Waals surface area contributed by atoms with Crippen LogP contribution in [0, 0.1) is 5.41 Å². The van der Waals surface area contributed by atoms with E-state index in [0.29, 0.717) is 12.8 Å². The number of carbonyl (C=O) groups is 2. The second-order valence-corrected chi connectivity index (χ2v) is 23.0. The number of hydrogen-bond acceptors (Lipinski definition) is 8. The first-order chi connectivity index (χ1) is 26.2. The van der Waals surface area contributed by atoms with Gasteiger partial charge in [-0.05, 0) is 114 Å². The maximum atomic E-state index is 14.6. The van der Waals surface area contributed by atoms with Crippen molar-refractivity contribution in [2.75, 3.05) is 45.4 Å². The van der Waals surface area contributed by atoms with Crippen LogP contribution in [-0.4, -0.2) is 103 Å². The van der Waals surface area contributed by atoms with E-state index in [1.807, 2.05) is 19.2 Å². The predicted molar refractivity (Wildman–Crippen MR) is 217 cm³/mol. The Morgan fingerprint density at radius 2 is 1.50 bits per heavy atom. The number of methoxy groups -OCH3 is 2. The molecule has 4 saturated carbocycles. The minimum atomic E-state index is -2.10. The quantitative estimate of drug-likeness (QED) is 0.137. The summed E-state index contributed by atoms with van der Waals surface area (Å²) in [4.78, 5) is 33.5. The Morgan fingerprint density at radius 3 is 2.06 bits per heavy atom. The number of fused-ring (bicyclic) bond motifs is 1. The Kier molecular flexibility index (Phi) is 11.0. The van der Waals surface area contributed by atoms with Gasteiger partial charge in [-0.2, -0.15) is 0 Å². The second kappa shape index (κ2) is 15.3. The van der Waals surface area contributed by atoms with Gasteiger partial charge in [0.1, 0.15) is 5.75 Å². The fourth-order valence-electron chi connectivity index (χ4n) is 14.3. The van der Waals surface area contributed by atoms with Crippen LogP contribution in [0.1, 0.15) is 134 Å². The number of carbonyl (C=O) groups excluding carboxylic acids is 2. The van der Waals surface area contributed by atoms with E-state index in [0.717, 1.165) is 59.9 Å². The maximum absolute atomic E-state index is 14.6. The molecule has 4 aliphatic carbocycles. The molecule has 0 radical (unpaired) electrons. The summed E-state index contributed by atoms with van der Waals surface area (Å²) in [6, 6.07) is 5.42. The van der Waals surface area contributed by atoms with Crippen LogP contribution in [0.4, 0.5) is 5.69 Å². The molecular formula is C45H68N2O6P+.